The second kappa shape index (κ2) is 5.38. The first-order chi connectivity index (χ1) is 9.76. The molecule has 0 spiro atoms. The monoisotopic (exact) mass is 268 g/mol. The van der Waals surface area contributed by atoms with Crippen LogP contribution >= 0.6 is 0 Å². The van der Waals surface area contributed by atoms with Gasteiger partial charge < -0.3 is 10.2 Å². The highest BCUT2D eigenvalue weighted by atomic mass is 16.3. The van der Waals surface area contributed by atoms with Crippen molar-refractivity contribution in [3.8, 4) is 11.3 Å². The minimum Gasteiger partial charge on any atom is -0.443 e. The Morgan fingerprint density at radius 2 is 2.10 bits per heavy atom. The van der Waals surface area contributed by atoms with E-state index in [1.807, 2.05) is 31.2 Å². The lowest BCUT2D eigenvalue weighted by Crippen LogP contribution is -2.04. The smallest absolute Gasteiger partial charge is 0.181 e. The van der Waals surface area contributed by atoms with Crippen LogP contribution in [0.2, 0.25) is 0 Å². The molecule has 0 aliphatic carbocycles. The van der Waals surface area contributed by atoms with E-state index in [0.717, 1.165) is 46.7 Å². The lowest BCUT2D eigenvalue weighted by molar-refractivity contribution is 0.602. The van der Waals surface area contributed by atoms with Crippen LogP contribution in [0, 0.1) is 6.92 Å². The van der Waals surface area contributed by atoms with Crippen LogP contribution in [-0.2, 0) is 6.42 Å². The molecular formula is C15H16N4O. The molecule has 0 saturated heterocycles. The van der Waals surface area contributed by atoms with Crippen LogP contribution in [0.15, 0.2) is 35.1 Å². The molecule has 0 aliphatic rings. The highest BCUT2D eigenvalue weighted by Gasteiger charge is 2.07. The standard InChI is InChI=1S/C15H16N4O/c1-10-7-13(19-15(18-10)3-2-6-16)11-4-5-12-14(8-11)20-9-17-12/h4-5,7-9H,2-3,6,16H2,1H3. The van der Waals surface area contributed by atoms with E-state index in [2.05, 4.69) is 15.0 Å². The summed E-state index contributed by atoms with van der Waals surface area (Å²) in [7, 11) is 0. The highest BCUT2D eigenvalue weighted by molar-refractivity contribution is 5.78. The molecule has 0 amide bonds. The topological polar surface area (TPSA) is 77.8 Å². The number of aryl methyl sites for hydroxylation is 2. The summed E-state index contributed by atoms with van der Waals surface area (Å²) in [4.78, 5) is 13.2. The molecule has 1 aromatic carbocycles. The van der Waals surface area contributed by atoms with Gasteiger partial charge in [0.1, 0.15) is 11.3 Å². The first-order valence-corrected chi connectivity index (χ1v) is 6.64. The number of nitrogens with two attached hydrogens (primary N) is 1. The number of hydrogen-bond acceptors (Lipinski definition) is 5. The van der Waals surface area contributed by atoms with Gasteiger partial charge in [-0.15, -0.1) is 0 Å². The Morgan fingerprint density at radius 3 is 2.95 bits per heavy atom. The van der Waals surface area contributed by atoms with Gasteiger partial charge in [-0.25, -0.2) is 15.0 Å². The highest BCUT2D eigenvalue weighted by Crippen LogP contribution is 2.23. The maximum absolute atomic E-state index is 5.54. The molecule has 0 bridgehead atoms. The van der Waals surface area contributed by atoms with Crippen LogP contribution in [0.1, 0.15) is 17.9 Å². The Hall–Kier alpha value is -2.27. The first-order valence-electron chi connectivity index (χ1n) is 6.64. The van der Waals surface area contributed by atoms with Gasteiger partial charge in [0, 0.05) is 17.7 Å². The molecule has 2 aromatic heterocycles. The predicted molar refractivity (Wildman–Crippen MR) is 77.1 cm³/mol. The Kier molecular flexibility index (Phi) is 3.43. The number of rotatable bonds is 4. The van der Waals surface area contributed by atoms with Crippen molar-refractivity contribution < 1.29 is 4.42 Å². The van der Waals surface area contributed by atoms with Gasteiger partial charge in [0.25, 0.3) is 0 Å². The van der Waals surface area contributed by atoms with E-state index in [0.29, 0.717) is 6.54 Å². The largest absolute Gasteiger partial charge is 0.443 e. The quantitative estimate of drug-likeness (QED) is 0.786. The summed E-state index contributed by atoms with van der Waals surface area (Å²) in [5.74, 6) is 0.836. The molecule has 2 N–H and O–H groups in total. The van der Waals surface area contributed by atoms with Crippen LogP contribution in [0.5, 0.6) is 0 Å². The number of hydrogen-bond donors (Lipinski definition) is 1. The Morgan fingerprint density at radius 1 is 1.20 bits per heavy atom. The van der Waals surface area contributed by atoms with Crippen molar-refractivity contribution in [3.63, 3.8) is 0 Å². The van der Waals surface area contributed by atoms with Crippen molar-refractivity contribution in [2.24, 2.45) is 5.73 Å². The molecule has 5 heteroatoms. The molecule has 0 saturated carbocycles. The zero-order valence-corrected chi connectivity index (χ0v) is 11.3. The van der Waals surface area contributed by atoms with Gasteiger partial charge >= 0.3 is 0 Å². The lowest BCUT2D eigenvalue weighted by atomic mass is 10.1. The summed E-state index contributed by atoms with van der Waals surface area (Å²) in [5.41, 5.74) is 10.0. The zero-order chi connectivity index (χ0) is 13.9. The number of oxazole rings is 1. The second-order valence-corrected chi connectivity index (χ2v) is 4.74. The van der Waals surface area contributed by atoms with Crippen LogP contribution in [0.3, 0.4) is 0 Å². The Bertz CT molecular complexity index is 736. The van der Waals surface area contributed by atoms with Crippen molar-refractivity contribution in [1.29, 1.82) is 0 Å². The van der Waals surface area contributed by atoms with E-state index < -0.39 is 0 Å². The van der Waals surface area contributed by atoms with Crippen LogP contribution in [0.4, 0.5) is 0 Å². The third-order valence-corrected chi connectivity index (χ3v) is 3.13. The summed E-state index contributed by atoms with van der Waals surface area (Å²) < 4.78 is 5.33. The minimum atomic E-state index is 0.649. The molecule has 3 aromatic rings. The fraction of sp³-hybridized carbons (Fsp3) is 0.267. The summed E-state index contributed by atoms with van der Waals surface area (Å²) >= 11 is 0. The van der Waals surface area contributed by atoms with Crippen molar-refractivity contribution >= 4 is 11.1 Å². The van der Waals surface area contributed by atoms with Gasteiger partial charge in [-0.3, -0.25) is 0 Å². The summed E-state index contributed by atoms with van der Waals surface area (Å²) in [6, 6.07) is 7.87. The molecular weight excluding hydrogens is 252 g/mol. The average molecular weight is 268 g/mol. The van der Waals surface area contributed by atoms with Gasteiger partial charge in [0.2, 0.25) is 0 Å². The average Bonchev–Trinajstić information content (AvgIpc) is 2.92. The Balaban J connectivity index is 2.01. The maximum atomic E-state index is 5.54. The fourth-order valence-corrected chi connectivity index (χ4v) is 2.16. The summed E-state index contributed by atoms with van der Waals surface area (Å²) in [6.07, 6.45) is 3.14. The van der Waals surface area contributed by atoms with Gasteiger partial charge in [-0.05, 0) is 38.1 Å². The maximum Gasteiger partial charge on any atom is 0.181 e. The molecule has 5 nitrogen and oxygen atoms in total. The minimum absolute atomic E-state index is 0.649. The van der Waals surface area contributed by atoms with Gasteiger partial charge in [0.15, 0.2) is 12.0 Å². The van der Waals surface area contributed by atoms with Crippen LogP contribution < -0.4 is 5.73 Å². The van der Waals surface area contributed by atoms with Crippen LogP contribution in [-0.4, -0.2) is 21.5 Å². The molecule has 0 fully saturated rings. The van der Waals surface area contributed by atoms with Gasteiger partial charge in [0.05, 0.1) is 5.69 Å². The lowest BCUT2D eigenvalue weighted by Gasteiger charge is -2.06. The fourth-order valence-electron chi connectivity index (χ4n) is 2.16. The number of aromatic nitrogens is 3. The van der Waals surface area contributed by atoms with E-state index in [1.54, 1.807) is 0 Å². The molecule has 0 unspecified atom stereocenters. The molecule has 0 aliphatic heterocycles. The predicted octanol–water partition coefficient (Wildman–Crippen LogP) is 2.48. The molecule has 2 heterocycles. The summed E-state index contributed by atoms with van der Waals surface area (Å²) in [6.45, 7) is 2.63. The third-order valence-electron chi connectivity index (χ3n) is 3.13. The SMILES string of the molecule is Cc1cc(-c2ccc3ncoc3c2)nc(CCCN)n1. The van der Waals surface area contributed by atoms with Gasteiger partial charge in [-0.2, -0.15) is 0 Å². The molecule has 102 valence electrons. The number of fused-ring (bicyclic) bond motifs is 1. The molecule has 3 rings (SSSR count). The number of nitrogens with zero attached hydrogens (tertiary/aromatic N) is 3. The molecule has 20 heavy (non-hydrogen) atoms. The number of benzene rings is 1. The van der Waals surface area contributed by atoms with E-state index >= 15 is 0 Å². The Labute approximate surface area is 116 Å². The van der Waals surface area contributed by atoms with Crippen molar-refractivity contribution in [2.45, 2.75) is 19.8 Å². The summed E-state index contributed by atoms with van der Waals surface area (Å²) in [5, 5.41) is 0. The normalized spacial score (nSPS) is 11.1. The van der Waals surface area contributed by atoms with E-state index in [1.165, 1.54) is 6.39 Å². The molecule has 0 atom stereocenters. The van der Waals surface area contributed by atoms with E-state index in [4.69, 9.17) is 10.2 Å². The van der Waals surface area contributed by atoms with Crippen molar-refractivity contribution in [3.05, 3.63) is 42.2 Å². The van der Waals surface area contributed by atoms with Crippen LogP contribution in [0.25, 0.3) is 22.4 Å². The first kappa shape index (κ1) is 12.7. The molecule has 0 radical (unpaired) electrons. The van der Waals surface area contributed by atoms with E-state index in [-0.39, 0.29) is 0 Å². The van der Waals surface area contributed by atoms with Crippen molar-refractivity contribution in [1.82, 2.24) is 15.0 Å². The third kappa shape index (κ3) is 2.53. The second-order valence-electron chi connectivity index (χ2n) is 4.74. The van der Waals surface area contributed by atoms with Crippen molar-refractivity contribution in [2.75, 3.05) is 6.54 Å². The van der Waals surface area contributed by atoms with E-state index in [9.17, 15) is 0 Å². The van der Waals surface area contributed by atoms with Gasteiger partial charge in [-0.1, -0.05) is 6.07 Å². The zero-order valence-electron chi connectivity index (χ0n) is 11.3.